The van der Waals surface area contributed by atoms with Crippen molar-refractivity contribution in [3.8, 4) is 0 Å². The van der Waals surface area contributed by atoms with Gasteiger partial charge in [-0.3, -0.25) is 4.79 Å². The monoisotopic (exact) mass is 321 g/mol. The van der Waals surface area contributed by atoms with Crippen LogP contribution in [-0.4, -0.2) is 17.6 Å². The Morgan fingerprint density at radius 2 is 1.86 bits per heavy atom. The third-order valence-electron chi connectivity index (χ3n) is 3.30. The Bertz CT molecular complexity index is 631. The lowest BCUT2D eigenvalue weighted by Gasteiger charge is -2.12. The number of rotatable bonds is 6. The molecule has 2 aromatic carbocycles. The second kappa shape index (κ2) is 7.92. The average molecular weight is 322 g/mol. The van der Waals surface area contributed by atoms with Gasteiger partial charge in [-0.05, 0) is 35.7 Å². The lowest BCUT2D eigenvalue weighted by Crippen LogP contribution is -2.27. The van der Waals surface area contributed by atoms with Crippen molar-refractivity contribution >= 4 is 17.5 Å². The van der Waals surface area contributed by atoms with Crippen molar-refractivity contribution in [3.63, 3.8) is 0 Å². The van der Waals surface area contributed by atoms with Crippen LogP contribution in [-0.2, 0) is 11.2 Å². The maximum atomic E-state index is 12.8. The minimum atomic E-state index is -0.735. The van der Waals surface area contributed by atoms with Crippen molar-refractivity contribution in [1.29, 1.82) is 0 Å². The fourth-order valence-corrected chi connectivity index (χ4v) is 2.28. The molecule has 0 bridgehead atoms. The molecular formula is C17H17ClFNO2. The van der Waals surface area contributed by atoms with E-state index in [1.54, 1.807) is 12.1 Å². The number of hydrogen-bond donors (Lipinski definition) is 2. The van der Waals surface area contributed by atoms with Gasteiger partial charge in [0.2, 0.25) is 5.91 Å². The Morgan fingerprint density at radius 3 is 2.55 bits per heavy atom. The number of aliphatic hydroxyl groups is 1. The van der Waals surface area contributed by atoms with Gasteiger partial charge in [-0.1, -0.05) is 41.9 Å². The van der Waals surface area contributed by atoms with Crippen molar-refractivity contribution in [2.75, 3.05) is 6.54 Å². The van der Waals surface area contributed by atoms with Crippen molar-refractivity contribution < 1.29 is 14.3 Å². The minimum Gasteiger partial charge on any atom is -0.388 e. The molecule has 5 heteroatoms. The van der Waals surface area contributed by atoms with Gasteiger partial charge < -0.3 is 10.4 Å². The molecule has 1 atom stereocenters. The topological polar surface area (TPSA) is 49.3 Å². The van der Waals surface area contributed by atoms with E-state index in [9.17, 15) is 14.3 Å². The zero-order chi connectivity index (χ0) is 15.9. The molecule has 0 saturated heterocycles. The van der Waals surface area contributed by atoms with E-state index in [1.807, 2.05) is 12.1 Å². The van der Waals surface area contributed by atoms with Crippen molar-refractivity contribution in [3.05, 3.63) is 70.5 Å². The van der Waals surface area contributed by atoms with Crippen LogP contribution in [0.2, 0.25) is 5.02 Å². The van der Waals surface area contributed by atoms with Crippen LogP contribution in [0.4, 0.5) is 4.39 Å². The third kappa shape index (κ3) is 4.83. The fraction of sp³-hybridized carbons (Fsp3) is 0.235. The molecular weight excluding hydrogens is 305 g/mol. The maximum Gasteiger partial charge on any atom is 0.224 e. The first-order valence-corrected chi connectivity index (χ1v) is 7.37. The molecule has 0 spiro atoms. The number of aliphatic hydroxyl groups excluding tert-OH is 1. The highest BCUT2D eigenvalue weighted by atomic mass is 35.5. The van der Waals surface area contributed by atoms with Crippen LogP contribution in [0.3, 0.4) is 0 Å². The first-order chi connectivity index (χ1) is 10.6. The van der Waals surface area contributed by atoms with Gasteiger partial charge >= 0.3 is 0 Å². The molecule has 2 N–H and O–H groups in total. The molecule has 22 heavy (non-hydrogen) atoms. The number of amides is 1. The van der Waals surface area contributed by atoms with Gasteiger partial charge in [0.1, 0.15) is 5.82 Å². The van der Waals surface area contributed by atoms with Crippen LogP contribution in [0.1, 0.15) is 23.7 Å². The molecule has 1 amide bonds. The summed E-state index contributed by atoms with van der Waals surface area (Å²) >= 11 is 5.99. The van der Waals surface area contributed by atoms with E-state index >= 15 is 0 Å². The molecule has 0 aliphatic rings. The smallest absolute Gasteiger partial charge is 0.224 e. The first-order valence-electron chi connectivity index (χ1n) is 7.00. The molecule has 2 aromatic rings. The number of carbonyl (C=O) groups is 1. The molecule has 3 nitrogen and oxygen atoms in total. The van der Waals surface area contributed by atoms with Crippen molar-refractivity contribution in [1.82, 2.24) is 5.32 Å². The van der Waals surface area contributed by atoms with Crippen LogP contribution in [0.25, 0.3) is 0 Å². The van der Waals surface area contributed by atoms with Gasteiger partial charge in [-0.15, -0.1) is 0 Å². The van der Waals surface area contributed by atoms with Gasteiger partial charge in [-0.2, -0.15) is 0 Å². The fourth-order valence-electron chi connectivity index (χ4n) is 2.08. The highest BCUT2D eigenvalue weighted by Crippen LogP contribution is 2.17. The summed E-state index contributed by atoms with van der Waals surface area (Å²) < 4.78 is 12.8. The van der Waals surface area contributed by atoms with E-state index in [-0.39, 0.29) is 18.1 Å². The quantitative estimate of drug-likeness (QED) is 0.858. The second-order valence-corrected chi connectivity index (χ2v) is 5.38. The molecule has 116 valence electrons. The lowest BCUT2D eigenvalue weighted by molar-refractivity contribution is -0.120. The first kappa shape index (κ1) is 16.5. The predicted molar refractivity (Wildman–Crippen MR) is 84.1 cm³/mol. The summed E-state index contributed by atoms with van der Waals surface area (Å²) in [7, 11) is 0. The molecule has 2 rings (SSSR count). The summed E-state index contributed by atoms with van der Waals surface area (Å²) in [4.78, 5) is 11.8. The van der Waals surface area contributed by atoms with E-state index in [4.69, 9.17) is 11.6 Å². The summed E-state index contributed by atoms with van der Waals surface area (Å²) in [6, 6.07) is 12.8. The molecule has 0 heterocycles. The minimum absolute atomic E-state index is 0.153. The second-order valence-electron chi connectivity index (χ2n) is 4.97. The zero-order valence-corrected chi connectivity index (χ0v) is 12.7. The van der Waals surface area contributed by atoms with E-state index < -0.39 is 6.10 Å². The van der Waals surface area contributed by atoms with Gasteiger partial charge in [0.15, 0.2) is 0 Å². The third-order valence-corrected chi connectivity index (χ3v) is 3.67. The maximum absolute atomic E-state index is 12.8. The van der Waals surface area contributed by atoms with E-state index in [0.717, 1.165) is 5.56 Å². The summed E-state index contributed by atoms with van der Waals surface area (Å²) in [6.07, 6.45) is -0.173. The Balaban J connectivity index is 1.77. The lowest BCUT2D eigenvalue weighted by atomic mass is 10.1. The normalized spacial score (nSPS) is 12.0. The van der Waals surface area contributed by atoms with Crippen LogP contribution < -0.4 is 5.32 Å². The highest BCUT2D eigenvalue weighted by Gasteiger charge is 2.10. The molecule has 0 aliphatic carbocycles. The Labute approximate surface area is 133 Å². The number of halogens is 2. The van der Waals surface area contributed by atoms with Gasteiger partial charge in [0.05, 0.1) is 12.5 Å². The molecule has 0 aromatic heterocycles. The number of nitrogens with one attached hydrogen (secondary N) is 1. The Morgan fingerprint density at radius 1 is 1.18 bits per heavy atom. The van der Waals surface area contributed by atoms with Gasteiger partial charge in [0, 0.05) is 11.6 Å². The highest BCUT2D eigenvalue weighted by molar-refractivity contribution is 6.31. The Hall–Kier alpha value is -1.91. The number of benzene rings is 2. The van der Waals surface area contributed by atoms with Gasteiger partial charge in [-0.25, -0.2) is 4.39 Å². The number of hydrogen-bond acceptors (Lipinski definition) is 2. The van der Waals surface area contributed by atoms with Crippen molar-refractivity contribution in [2.24, 2.45) is 0 Å². The van der Waals surface area contributed by atoms with Crippen LogP contribution in [0.15, 0.2) is 48.5 Å². The van der Waals surface area contributed by atoms with Crippen LogP contribution in [0, 0.1) is 5.82 Å². The molecule has 0 fully saturated rings. The zero-order valence-electron chi connectivity index (χ0n) is 11.9. The van der Waals surface area contributed by atoms with Crippen molar-refractivity contribution in [2.45, 2.75) is 18.9 Å². The summed E-state index contributed by atoms with van der Waals surface area (Å²) in [6.45, 7) is 0.335. The van der Waals surface area contributed by atoms with E-state index in [1.165, 1.54) is 24.3 Å². The van der Waals surface area contributed by atoms with E-state index in [0.29, 0.717) is 23.6 Å². The standard InChI is InChI=1S/C17H17ClFNO2/c18-15-4-2-1-3-13(15)11-17(22)20-10-9-16(21)12-5-7-14(19)8-6-12/h1-8,16,21H,9-11H2,(H,20,22). The van der Waals surface area contributed by atoms with Crippen LogP contribution >= 0.6 is 11.6 Å². The summed E-state index contributed by atoms with van der Waals surface area (Å²) in [5, 5.41) is 13.3. The largest absolute Gasteiger partial charge is 0.388 e. The summed E-state index contributed by atoms with van der Waals surface area (Å²) in [5.74, 6) is -0.497. The van der Waals surface area contributed by atoms with Gasteiger partial charge in [0.25, 0.3) is 0 Å². The predicted octanol–water partition coefficient (Wildman–Crippen LogP) is 3.26. The average Bonchev–Trinajstić information content (AvgIpc) is 2.50. The van der Waals surface area contributed by atoms with E-state index in [2.05, 4.69) is 5.32 Å². The van der Waals surface area contributed by atoms with Crippen LogP contribution in [0.5, 0.6) is 0 Å². The molecule has 1 unspecified atom stereocenters. The number of carbonyl (C=O) groups excluding carboxylic acids is 1. The SMILES string of the molecule is O=C(Cc1ccccc1Cl)NCCC(O)c1ccc(F)cc1. The Kier molecular flexibility index (Phi) is 5.92. The summed E-state index contributed by atoms with van der Waals surface area (Å²) in [5.41, 5.74) is 1.39. The molecule has 0 radical (unpaired) electrons. The molecule has 0 aliphatic heterocycles. The molecule has 0 saturated carbocycles.